The summed E-state index contributed by atoms with van der Waals surface area (Å²) >= 11 is 0. The van der Waals surface area contributed by atoms with Crippen LogP contribution in [0.2, 0.25) is 0 Å². The molecule has 0 fully saturated rings. The number of oxime groups is 1. The van der Waals surface area contributed by atoms with Gasteiger partial charge in [0.2, 0.25) is 0 Å². The Balaban J connectivity index is 2.42. The normalized spacial score (nSPS) is 11.8. The van der Waals surface area contributed by atoms with E-state index in [2.05, 4.69) is 10.3 Å². The van der Waals surface area contributed by atoms with Gasteiger partial charge < -0.3 is 10.9 Å². The van der Waals surface area contributed by atoms with E-state index in [1.165, 1.54) is 12.1 Å². The first-order valence-electron chi connectivity index (χ1n) is 5.36. The van der Waals surface area contributed by atoms with Crippen molar-refractivity contribution in [2.75, 3.05) is 0 Å². The number of hydrogen-bond donors (Lipinski definition) is 2. The number of benzene rings is 1. The molecule has 0 amide bonds. The van der Waals surface area contributed by atoms with Crippen molar-refractivity contribution in [1.29, 1.82) is 0 Å². The van der Waals surface area contributed by atoms with Gasteiger partial charge in [-0.25, -0.2) is 4.39 Å². The van der Waals surface area contributed by atoms with Crippen molar-refractivity contribution in [2.24, 2.45) is 10.9 Å². The van der Waals surface area contributed by atoms with Gasteiger partial charge >= 0.3 is 0 Å². The summed E-state index contributed by atoms with van der Waals surface area (Å²) in [6, 6.07) is 6.04. The summed E-state index contributed by atoms with van der Waals surface area (Å²) in [5, 5.41) is 15.8. The first-order chi connectivity index (χ1) is 8.61. The Labute approximate surface area is 103 Å². The molecule has 0 spiro atoms. The van der Waals surface area contributed by atoms with Gasteiger partial charge in [-0.15, -0.1) is 0 Å². The summed E-state index contributed by atoms with van der Waals surface area (Å²) in [7, 11) is 0. The lowest BCUT2D eigenvalue weighted by Crippen LogP contribution is -2.17. The van der Waals surface area contributed by atoms with Gasteiger partial charge in [-0.05, 0) is 30.7 Å². The van der Waals surface area contributed by atoms with Crippen molar-refractivity contribution in [3.63, 3.8) is 0 Å². The molecule has 0 aliphatic carbocycles. The minimum Gasteiger partial charge on any atom is -0.409 e. The van der Waals surface area contributed by atoms with E-state index in [0.717, 1.165) is 11.3 Å². The van der Waals surface area contributed by atoms with Crippen LogP contribution < -0.4 is 5.73 Å². The van der Waals surface area contributed by atoms with E-state index >= 15 is 0 Å². The minimum absolute atomic E-state index is 0.116. The van der Waals surface area contributed by atoms with Crippen LogP contribution >= 0.6 is 0 Å². The summed E-state index contributed by atoms with van der Waals surface area (Å²) < 4.78 is 14.9. The van der Waals surface area contributed by atoms with Gasteiger partial charge in [0.1, 0.15) is 5.82 Å². The number of hydrogen-bond acceptors (Lipinski definition) is 3. The lowest BCUT2D eigenvalue weighted by molar-refractivity contribution is 0.318. The van der Waals surface area contributed by atoms with E-state index in [-0.39, 0.29) is 5.84 Å². The van der Waals surface area contributed by atoms with E-state index < -0.39 is 5.82 Å². The number of rotatable bonds is 3. The molecule has 0 unspecified atom stereocenters. The van der Waals surface area contributed by atoms with Gasteiger partial charge in [0.15, 0.2) is 5.84 Å². The molecular formula is C12H13FN4O. The van der Waals surface area contributed by atoms with Gasteiger partial charge in [0.25, 0.3) is 0 Å². The highest BCUT2D eigenvalue weighted by Crippen LogP contribution is 2.13. The number of aromatic nitrogens is 2. The monoisotopic (exact) mass is 248 g/mol. The molecule has 0 aliphatic heterocycles. The summed E-state index contributed by atoms with van der Waals surface area (Å²) in [6.07, 6.45) is 1.68. The Bertz CT molecular complexity index is 592. The van der Waals surface area contributed by atoms with Gasteiger partial charge in [-0.1, -0.05) is 11.2 Å². The molecule has 0 aliphatic rings. The molecule has 1 heterocycles. The fourth-order valence-electron chi connectivity index (χ4n) is 1.70. The van der Waals surface area contributed by atoms with Crippen molar-refractivity contribution in [1.82, 2.24) is 9.78 Å². The van der Waals surface area contributed by atoms with Crippen LogP contribution in [-0.4, -0.2) is 20.8 Å². The molecule has 2 rings (SSSR count). The Morgan fingerprint density at radius 1 is 1.50 bits per heavy atom. The van der Waals surface area contributed by atoms with E-state index in [0.29, 0.717) is 12.1 Å². The van der Waals surface area contributed by atoms with Crippen molar-refractivity contribution >= 4 is 5.84 Å². The zero-order chi connectivity index (χ0) is 13.1. The number of aryl methyl sites for hydroxylation is 1. The maximum absolute atomic E-state index is 13.2. The largest absolute Gasteiger partial charge is 0.409 e. The molecular weight excluding hydrogens is 235 g/mol. The second kappa shape index (κ2) is 4.87. The molecule has 2 aromatic rings. The van der Waals surface area contributed by atoms with Crippen LogP contribution in [0.25, 0.3) is 0 Å². The van der Waals surface area contributed by atoms with Crippen molar-refractivity contribution in [3.8, 4) is 0 Å². The lowest BCUT2D eigenvalue weighted by atomic mass is 10.1. The minimum atomic E-state index is -0.433. The van der Waals surface area contributed by atoms with E-state index in [1.807, 2.05) is 13.0 Å². The third kappa shape index (κ3) is 2.32. The van der Waals surface area contributed by atoms with Crippen LogP contribution in [0.15, 0.2) is 35.6 Å². The summed E-state index contributed by atoms with van der Waals surface area (Å²) in [4.78, 5) is 0. The topological polar surface area (TPSA) is 76.4 Å². The summed E-state index contributed by atoms with van der Waals surface area (Å²) in [5.41, 5.74) is 7.61. The van der Waals surface area contributed by atoms with Crippen molar-refractivity contribution < 1.29 is 9.60 Å². The Morgan fingerprint density at radius 2 is 2.28 bits per heavy atom. The van der Waals surface area contributed by atoms with Crippen LogP contribution in [0.4, 0.5) is 4.39 Å². The van der Waals surface area contributed by atoms with Gasteiger partial charge in [0.05, 0.1) is 6.54 Å². The van der Waals surface area contributed by atoms with Crippen molar-refractivity contribution in [3.05, 3.63) is 53.1 Å². The lowest BCUT2D eigenvalue weighted by Gasteiger charge is -2.10. The third-order valence-electron chi connectivity index (χ3n) is 2.70. The highest BCUT2D eigenvalue weighted by atomic mass is 19.1. The third-order valence-corrected chi connectivity index (χ3v) is 2.70. The van der Waals surface area contributed by atoms with Crippen LogP contribution in [0.5, 0.6) is 0 Å². The van der Waals surface area contributed by atoms with Crippen LogP contribution in [-0.2, 0) is 6.54 Å². The number of nitrogens with zero attached hydrogens (tertiary/aromatic N) is 3. The fraction of sp³-hybridized carbons (Fsp3) is 0.167. The maximum Gasteiger partial charge on any atom is 0.170 e. The van der Waals surface area contributed by atoms with Gasteiger partial charge in [-0.3, -0.25) is 4.68 Å². The number of halogens is 1. The average Bonchev–Trinajstić information content (AvgIpc) is 2.76. The average molecular weight is 248 g/mol. The Kier molecular flexibility index (Phi) is 3.27. The predicted octanol–water partition coefficient (Wildman–Crippen LogP) is 1.47. The first kappa shape index (κ1) is 12.1. The van der Waals surface area contributed by atoms with E-state index in [1.54, 1.807) is 16.9 Å². The number of amidine groups is 1. The molecule has 94 valence electrons. The first-order valence-corrected chi connectivity index (χ1v) is 5.36. The second-order valence-electron chi connectivity index (χ2n) is 3.92. The van der Waals surface area contributed by atoms with E-state index in [9.17, 15) is 4.39 Å². The quantitative estimate of drug-likeness (QED) is 0.374. The molecule has 0 saturated heterocycles. The maximum atomic E-state index is 13.2. The summed E-state index contributed by atoms with van der Waals surface area (Å²) in [6.45, 7) is 2.35. The predicted molar refractivity (Wildman–Crippen MR) is 65.0 cm³/mol. The molecule has 5 nitrogen and oxygen atoms in total. The number of nitrogens with two attached hydrogens (primary N) is 1. The summed E-state index contributed by atoms with van der Waals surface area (Å²) in [5.74, 6) is -0.549. The standard InChI is InChI=1S/C12H13FN4O/c1-8-4-5-15-17(8)7-9-2-3-10(13)6-11(9)12(14)16-18/h2-6,18H,7H2,1H3,(H2,14,16). The smallest absolute Gasteiger partial charge is 0.170 e. The molecule has 6 heteroatoms. The zero-order valence-corrected chi connectivity index (χ0v) is 9.84. The molecule has 0 saturated carbocycles. The van der Waals surface area contributed by atoms with Crippen LogP contribution in [0, 0.1) is 12.7 Å². The molecule has 1 aromatic heterocycles. The Hall–Kier alpha value is -2.37. The van der Waals surface area contributed by atoms with Gasteiger partial charge in [-0.2, -0.15) is 5.10 Å². The highest BCUT2D eigenvalue weighted by molar-refractivity contribution is 5.98. The molecule has 0 bridgehead atoms. The SMILES string of the molecule is Cc1ccnn1Cc1ccc(F)cc1C(N)=NO. The Morgan fingerprint density at radius 3 is 2.89 bits per heavy atom. The zero-order valence-electron chi connectivity index (χ0n) is 9.84. The fourth-order valence-corrected chi connectivity index (χ4v) is 1.70. The molecule has 0 atom stereocenters. The molecule has 18 heavy (non-hydrogen) atoms. The molecule has 0 radical (unpaired) electrons. The van der Waals surface area contributed by atoms with Gasteiger partial charge in [0, 0.05) is 17.5 Å². The van der Waals surface area contributed by atoms with Crippen LogP contribution in [0.1, 0.15) is 16.8 Å². The van der Waals surface area contributed by atoms with E-state index in [4.69, 9.17) is 10.9 Å². The van der Waals surface area contributed by atoms with Crippen LogP contribution in [0.3, 0.4) is 0 Å². The second-order valence-corrected chi connectivity index (χ2v) is 3.92. The van der Waals surface area contributed by atoms with Crippen molar-refractivity contribution in [2.45, 2.75) is 13.5 Å². The molecule has 3 N–H and O–H groups in total. The highest BCUT2D eigenvalue weighted by Gasteiger charge is 2.10. The molecule has 1 aromatic carbocycles.